The third kappa shape index (κ3) is 4.47. The van der Waals surface area contributed by atoms with Crippen molar-refractivity contribution in [2.45, 2.75) is 12.5 Å². The second-order valence-corrected chi connectivity index (χ2v) is 3.87. The van der Waals surface area contributed by atoms with E-state index in [1.165, 1.54) is 7.11 Å². The maximum absolute atomic E-state index is 13.3. The molecule has 8 heteroatoms. The molecule has 0 fully saturated rings. The molecule has 0 bridgehead atoms. The molecule has 3 N–H and O–H groups in total. The maximum Gasteiger partial charge on any atom is 0.326 e. The van der Waals surface area contributed by atoms with Crippen LogP contribution >= 0.6 is 0 Å². The van der Waals surface area contributed by atoms with Crippen LogP contribution in [0.5, 0.6) is 0 Å². The molecule has 0 radical (unpaired) electrons. The van der Waals surface area contributed by atoms with Gasteiger partial charge in [-0.05, 0) is 12.1 Å². The summed E-state index contributed by atoms with van der Waals surface area (Å²) in [5.74, 6) is -3.18. The zero-order valence-electron chi connectivity index (χ0n) is 10.7. The van der Waals surface area contributed by atoms with Crippen molar-refractivity contribution in [3.05, 3.63) is 29.8 Å². The van der Waals surface area contributed by atoms with Crippen molar-refractivity contribution in [2.75, 3.05) is 19.0 Å². The molecular weight excluding hydrogens is 274 g/mol. The first-order valence-corrected chi connectivity index (χ1v) is 5.69. The highest BCUT2D eigenvalue weighted by Crippen LogP contribution is 2.17. The van der Waals surface area contributed by atoms with Crippen LogP contribution in [0.4, 0.5) is 19.3 Å². The molecule has 20 heavy (non-hydrogen) atoms. The molecule has 1 aromatic rings. The van der Waals surface area contributed by atoms with Gasteiger partial charge in [-0.2, -0.15) is 0 Å². The number of nitrogens with one attached hydrogen (secondary N) is 2. The summed E-state index contributed by atoms with van der Waals surface area (Å²) in [6.07, 6.45) is 0.0268. The highest BCUT2D eigenvalue weighted by Gasteiger charge is 2.20. The number of amides is 2. The third-order valence-electron chi connectivity index (χ3n) is 2.42. The van der Waals surface area contributed by atoms with Crippen molar-refractivity contribution in [1.29, 1.82) is 0 Å². The van der Waals surface area contributed by atoms with E-state index < -0.39 is 35.4 Å². The quantitative estimate of drug-likeness (QED) is 0.741. The molecule has 6 nitrogen and oxygen atoms in total. The predicted molar refractivity (Wildman–Crippen MR) is 66.4 cm³/mol. The molecule has 110 valence electrons. The van der Waals surface area contributed by atoms with Crippen LogP contribution in [0.25, 0.3) is 0 Å². The van der Waals surface area contributed by atoms with E-state index in [4.69, 9.17) is 9.84 Å². The molecule has 0 aliphatic carbocycles. The summed E-state index contributed by atoms with van der Waals surface area (Å²) in [6, 6.07) is 0.852. The van der Waals surface area contributed by atoms with Crippen molar-refractivity contribution in [2.24, 2.45) is 0 Å². The molecule has 1 atom stereocenters. The smallest absolute Gasteiger partial charge is 0.326 e. The molecule has 1 rings (SSSR count). The monoisotopic (exact) mass is 288 g/mol. The van der Waals surface area contributed by atoms with Gasteiger partial charge in [0.25, 0.3) is 0 Å². The summed E-state index contributed by atoms with van der Waals surface area (Å²) in [5.41, 5.74) is -0.638. The minimum absolute atomic E-state index is 0.0268. The van der Waals surface area contributed by atoms with Crippen molar-refractivity contribution in [3.63, 3.8) is 0 Å². The van der Waals surface area contributed by atoms with Crippen molar-refractivity contribution >= 4 is 17.7 Å². The second kappa shape index (κ2) is 7.39. The Labute approximate surface area is 113 Å². The lowest BCUT2D eigenvalue weighted by Crippen LogP contribution is -2.43. The number of carbonyl (C=O) groups excluding carboxylic acids is 1. The zero-order valence-corrected chi connectivity index (χ0v) is 10.7. The number of carbonyl (C=O) groups is 2. The number of para-hydroxylation sites is 1. The third-order valence-corrected chi connectivity index (χ3v) is 2.42. The largest absolute Gasteiger partial charge is 0.480 e. The highest BCUT2D eigenvalue weighted by atomic mass is 19.1. The first-order chi connectivity index (χ1) is 9.45. The molecule has 0 aliphatic rings. The van der Waals surface area contributed by atoms with Gasteiger partial charge in [0.15, 0.2) is 0 Å². The summed E-state index contributed by atoms with van der Waals surface area (Å²) in [4.78, 5) is 22.4. The van der Waals surface area contributed by atoms with Crippen LogP contribution in [0, 0.1) is 11.6 Å². The van der Waals surface area contributed by atoms with Crippen LogP contribution in [-0.2, 0) is 9.53 Å². The lowest BCUT2D eigenvalue weighted by Gasteiger charge is -2.15. The molecular formula is C12H14F2N2O4. The summed E-state index contributed by atoms with van der Waals surface area (Å²) >= 11 is 0. The fraction of sp³-hybridized carbons (Fsp3) is 0.333. The average Bonchev–Trinajstić information content (AvgIpc) is 2.38. The summed E-state index contributed by atoms with van der Waals surface area (Å²) in [7, 11) is 1.38. The molecule has 2 amide bonds. The Kier molecular flexibility index (Phi) is 5.85. The van der Waals surface area contributed by atoms with Crippen LogP contribution in [-0.4, -0.2) is 36.9 Å². The molecule has 0 aliphatic heterocycles. The number of halogens is 2. The SMILES string of the molecule is COCCC(NC(=O)Nc1c(F)cccc1F)C(=O)O. The molecule has 0 heterocycles. The first kappa shape index (κ1) is 15.8. The molecule has 0 spiro atoms. The van der Waals surface area contributed by atoms with Gasteiger partial charge in [0, 0.05) is 20.1 Å². The van der Waals surface area contributed by atoms with Crippen LogP contribution < -0.4 is 10.6 Å². The Bertz CT molecular complexity index is 476. The number of benzene rings is 1. The van der Waals surface area contributed by atoms with Gasteiger partial charge in [-0.1, -0.05) is 6.07 Å². The van der Waals surface area contributed by atoms with Gasteiger partial charge in [0.05, 0.1) is 0 Å². The van der Waals surface area contributed by atoms with E-state index in [1.807, 2.05) is 5.32 Å². The number of ether oxygens (including phenoxy) is 1. The standard InChI is InChI=1S/C12H14F2N2O4/c1-20-6-5-9(11(17)18)15-12(19)16-10-7(13)3-2-4-8(10)14/h2-4,9H,5-6H2,1H3,(H,17,18)(H2,15,16,19). The lowest BCUT2D eigenvalue weighted by molar-refractivity contribution is -0.139. The number of methoxy groups -OCH3 is 1. The number of hydrogen-bond acceptors (Lipinski definition) is 3. The number of aliphatic carboxylic acids is 1. The summed E-state index contributed by atoms with van der Waals surface area (Å²) < 4.78 is 31.3. The summed E-state index contributed by atoms with van der Waals surface area (Å²) in [6.45, 7) is 0.116. The Hall–Kier alpha value is -2.22. The minimum atomic E-state index is -1.27. The molecule has 1 aromatic carbocycles. The minimum Gasteiger partial charge on any atom is -0.480 e. The van der Waals surface area contributed by atoms with Gasteiger partial charge in [-0.3, -0.25) is 0 Å². The number of carboxylic acids is 1. The molecule has 0 saturated carbocycles. The Morgan fingerprint density at radius 3 is 2.45 bits per heavy atom. The van der Waals surface area contributed by atoms with E-state index in [-0.39, 0.29) is 13.0 Å². The van der Waals surface area contributed by atoms with Crippen LogP contribution in [0.2, 0.25) is 0 Å². The molecule has 0 aromatic heterocycles. The van der Waals surface area contributed by atoms with Crippen molar-refractivity contribution < 1.29 is 28.2 Å². The maximum atomic E-state index is 13.3. The van der Waals surface area contributed by atoms with E-state index in [0.29, 0.717) is 0 Å². The first-order valence-electron chi connectivity index (χ1n) is 5.69. The Morgan fingerprint density at radius 2 is 1.95 bits per heavy atom. The van der Waals surface area contributed by atoms with E-state index in [9.17, 15) is 18.4 Å². The number of carboxylic acid groups (broad SMARTS) is 1. The molecule has 1 unspecified atom stereocenters. The van der Waals surface area contributed by atoms with E-state index in [1.54, 1.807) is 0 Å². The lowest BCUT2D eigenvalue weighted by atomic mass is 10.2. The Balaban J connectivity index is 2.68. The number of hydrogen-bond donors (Lipinski definition) is 3. The molecule has 0 saturated heterocycles. The number of anilines is 1. The fourth-order valence-corrected chi connectivity index (χ4v) is 1.42. The fourth-order valence-electron chi connectivity index (χ4n) is 1.42. The Morgan fingerprint density at radius 1 is 1.35 bits per heavy atom. The number of urea groups is 1. The van der Waals surface area contributed by atoms with Gasteiger partial charge in [0.2, 0.25) is 0 Å². The number of rotatable bonds is 6. The van der Waals surface area contributed by atoms with Crippen molar-refractivity contribution in [3.8, 4) is 0 Å². The van der Waals surface area contributed by atoms with Crippen LogP contribution in [0.1, 0.15) is 6.42 Å². The van der Waals surface area contributed by atoms with Gasteiger partial charge >= 0.3 is 12.0 Å². The van der Waals surface area contributed by atoms with Crippen molar-refractivity contribution in [1.82, 2.24) is 5.32 Å². The van der Waals surface area contributed by atoms with Gasteiger partial charge < -0.3 is 20.5 Å². The highest BCUT2D eigenvalue weighted by molar-refractivity contribution is 5.92. The van der Waals surface area contributed by atoms with E-state index in [0.717, 1.165) is 18.2 Å². The predicted octanol–water partition coefficient (Wildman–Crippen LogP) is 1.58. The van der Waals surface area contributed by atoms with E-state index >= 15 is 0 Å². The normalized spacial score (nSPS) is 11.8. The van der Waals surface area contributed by atoms with Gasteiger partial charge in [0.1, 0.15) is 23.4 Å². The topological polar surface area (TPSA) is 87.7 Å². The average molecular weight is 288 g/mol. The zero-order chi connectivity index (χ0) is 15.1. The van der Waals surface area contributed by atoms with Crippen LogP contribution in [0.3, 0.4) is 0 Å². The van der Waals surface area contributed by atoms with Gasteiger partial charge in [-0.25, -0.2) is 18.4 Å². The summed E-state index contributed by atoms with van der Waals surface area (Å²) in [5, 5.41) is 12.9. The van der Waals surface area contributed by atoms with Gasteiger partial charge in [-0.15, -0.1) is 0 Å². The van der Waals surface area contributed by atoms with E-state index in [2.05, 4.69) is 5.32 Å². The second-order valence-electron chi connectivity index (χ2n) is 3.87. The van der Waals surface area contributed by atoms with Crippen LogP contribution in [0.15, 0.2) is 18.2 Å².